The lowest BCUT2D eigenvalue weighted by molar-refractivity contribution is -0.135. The van der Waals surface area contributed by atoms with Crippen LogP contribution in [0.15, 0.2) is 11.1 Å². The molecule has 1 amide bonds. The van der Waals surface area contributed by atoms with Gasteiger partial charge in [-0.1, -0.05) is 0 Å². The molecule has 2 aliphatic heterocycles. The van der Waals surface area contributed by atoms with Gasteiger partial charge in [-0.25, -0.2) is 9.78 Å². The van der Waals surface area contributed by atoms with Crippen LogP contribution in [0.3, 0.4) is 0 Å². The Morgan fingerprint density at radius 1 is 1.56 bits per heavy atom. The Labute approximate surface area is 139 Å². The van der Waals surface area contributed by atoms with Gasteiger partial charge in [0.25, 0.3) is 5.56 Å². The molecule has 4 rings (SSSR count). The van der Waals surface area contributed by atoms with Crippen molar-refractivity contribution in [1.29, 1.82) is 0 Å². The number of aromatic amines is 1. The van der Waals surface area contributed by atoms with Crippen LogP contribution in [0.5, 0.6) is 0 Å². The summed E-state index contributed by atoms with van der Waals surface area (Å²) < 4.78 is 7.30. The van der Waals surface area contributed by atoms with Gasteiger partial charge in [0.15, 0.2) is 11.2 Å². The Hall–Kier alpha value is -2.70. The second-order valence-corrected chi connectivity index (χ2v) is 6.28. The van der Waals surface area contributed by atoms with E-state index in [1.165, 1.54) is 10.9 Å². The van der Waals surface area contributed by atoms with Gasteiger partial charge in [0, 0.05) is 6.54 Å². The number of nitrogen functional groups attached to an aromatic ring is 1. The van der Waals surface area contributed by atoms with E-state index in [-0.39, 0.29) is 30.2 Å². The average Bonchev–Trinajstić information content (AvgIpc) is 3.02. The number of nitrogens with zero attached hydrogens (tertiary/aromatic N) is 4. The number of piperidine rings is 1. The van der Waals surface area contributed by atoms with E-state index in [2.05, 4.69) is 15.0 Å². The molecule has 4 heterocycles. The minimum Gasteiger partial charge on any atom is -0.465 e. The molecule has 0 aliphatic carbocycles. The number of amides is 1. The summed E-state index contributed by atoms with van der Waals surface area (Å²) in [7, 11) is 0. The molecule has 2 aromatic heterocycles. The van der Waals surface area contributed by atoms with Gasteiger partial charge in [-0.3, -0.25) is 14.3 Å². The van der Waals surface area contributed by atoms with Crippen molar-refractivity contribution in [1.82, 2.24) is 24.4 Å². The predicted octanol–water partition coefficient (Wildman–Crippen LogP) is -2.07. The quantitative estimate of drug-likeness (QED) is 0.406. The molecular formula is C13H16N6O6. The van der Waals surface area contributed by atoms with Gasteiger partial charge in [-0.2, -0.15) is 4.98 Å². The van der Waals surface area contributed by atoms with Crippen molar-refractivity contribution in [3.8, 4) is 0 Å². The van der Waals surface area contributed by atoms with Crippen LogP contribution < -0.4 is 11.3 Å². The van der Waals surface area contributed by atoms with Crippen molar-refractivity contribution in [3.63, 3.8) is 0 Å². The summed E-state index contributed by atoms with van der Waals surface area (Å²) in [6, 6.07) is 0. The van der Waals surface area contributed by atoms with Gasteiger partial charge >= 0.3 is 6.09 Å². The molecule has 0 saturated carbocycles. The van der Waals surface area contributed by atoms with Crippen LogP contribution in [0, 0.1) is 5.92 Å². The fourth-order valence-electron chi connectivity index (χ4n) is 3.63. The molecule has 25 heavy (non-hydrogen) atoms. The molecule has 134 valence electrons. The second-order valence-electron chi connectivity index (χ2n) is 6.28. The van der Waals surface area contributed by atoms with Crippen molar-refractivity contribution in [2.75, 3.05) is 25.4 Å². The number of nitrogens with two attached hydrogens (primary N) is 1. The van der Waals surface area contributed by atoms with Crippen LogP contribution in [0.2, 0.25) is 0 Å². The zero-order valence-corrected chi connectivity index (χ0v) is 12.9. The Balaban J connectivity index is 1.82. The maximum absolute atomic E-state index is 11.9. The van der Waals surface area contributed by atoms with E-state index < -0.39 is 42.1 Å². The summed E-state index contributed by atoms with van der Waals surface area (Å²) in [5.74, 6) is -0.776. The Morgan fingerprint density at radius 3 is 3.00 bits per heavy atom. The summed E-state index contributed by atoms with van der Waals surface area (Å²) in [6.45, 7) is -0.731. The minimum atomic E-state index is -1.45. The molecule has 2 saturated heterocycles. The molecule has 2 fully saturated rings. The normalized spacial score (nSPS) is 31.6. The van der Waals surface area contributed by atoms with E-state index in [0.717, 1.165) is 4.90 Å². The van der Waals surface area contributed by atoms with Crippen molar-refractivity contribution < 1.29 is 24.9 Å². The first-order valence-corrected chi connectivity index (χ1v) is 7.53. The first-order valence-electron chi connectivity index (χ1n) is 7.53. The number of ether oxygens (including phenoxy) is 1. The maximum atomic E-state index is 11.9. The average molecular weight is 352 g/mol. The number of carboxylic acid groups (broad SMARTS) is 1. The largest absolute Gasteiger partial charge is 0.465 e. The highest BCUT2D eigenvalue weighted by Gasteiger charge is 2.60. The number of anilines is 1. The number of aliphatic hydroxyl groups excluding tert-OH is 2. The summed E-state index contributed by atoms with van der Waals surface area (Å²) in [5.41, 5.74) is 3.80. The highest BCUT2D eigenvalue weighted by molar-refractivity contribution is 5.70. The molecule has 2 bridgehead atoms. The number of rotatable bonds is 2. The molecule has 0 spiro atoms. The van der Waals surface area contributed by atoms with E-state index in [0.29, 0.717) is 0 Å². The maximum Gasteiger partial charge on any atom is 0.407 e. The van der Waals surface area contributed by atoms with Crippen molar-refractivity contribution in [2.24, 2.45) is 5.92 Å². The number of hydrogen-bond donors (Lipinski definition) is 5. The van der Waals surface area contributed by atoms with Gasteiger partial charge in [0.2, 0.25) is 5.95 Å². The first-order chi connectivity index (χ1) is 11.9. The van der Waals surface area contributed by atoms with Gasteiger partial charge in [-0.05, 0) is 0 Å². The predicted molar refractivity (Wildman–Crippen MR) is 81.6 cm³/mol. The SMILES string of the molecule is Nc1nc2c(ncn2[C@@H]2O[C@@]3(CO)CN(C(=O)O)C[C@@H]2[C@@H]3O)c(=O)[nH]1. The van der Waals surface area contributed by atoms with Crippen LogP contribution in [0.4, 0.5) is 10.7 Å². The van der Waals surface area contributed by atoms with Gasteiger partial charge in [0.05, 0.1) is 31.5 Å². The first kappa shape index (κ1) is 15.8. The number of imidazole rings is 1. The molecule has 2 aromatic rings. The molecule has 2 aliphatic rings. The molecule has 4 atom stereocenters. The van der Waals surface area contributed by atoms with E-state index in [4.69, 9.17) is 10.5 Å². The number of aliphatic hydroxyl groups is 2. The number of H-pyrrole nitrogens is 1. The number of aromatic nitrogens is 4. The monoisotopic (exact) mass is 352 g/mol. The molecule has 12 nitrogen and oxygen atoms in total. The Kier molecular flexibility index (Phi) is 3.25. The minimum absolute atomic E-state index is 0.00125. The van der Waals surface area contributed by atoms with Crippen molar-refractivity contribution >= 4 is 23.2 Å². The molecular weight excluding hydrogens is 336 g/mol. The molecule has 0 unspecified atom stereocenters. The third-order valence-corrected chi connectivity index (χ3v) is 4.82. The highest BCUT2D eigenvalue weighted by Crippen LogP contribution is 2.46. The van der Waals surface area contributed by atoms with E-state index >= 15 is 0 Å². The summed E-state index contributed by atoms with van der Waals surface area (Å²) in [4.78, 5) is 34.7. The van der Waals surface area contributed by atoms with Gasteiger partial charge in [0.1, 0.15) is 11.8 Å². The lowest BCUT2D eigenvalue weighted by Crippen LogP contribution is -2.60. The second kappa shape index (κ2) is 5.15. The van der Waals surface area contributed by atoms with Crippen molar-refractivity contribution in [3.05, 3.63) is 16.7 Å². The Bertz CT molecular complexity index is 910. The fraction of sp³-hybridized carbons (Fsp3) is 0.538. The number of fused-ring (bicyclic) bond motifs is 3. The lowest BCUT2D eigenvalue weighted by Gasteiger charge is -2.39. The number of nitrogens with one attached hydrogen (secondary N) is 1. The molecule has 12 heteroatoms. The zero-order valence-electron chi connectivity index (χ0n) is 12.9. The summed E-state index contributed by atoms with van der Waals surface area (Å²) in [5, 5.41) is 29.6. The van der Waals surface area contributed by atoms with Crippen LogP contribution in [-0.4, -0.2) is 77.2 Å². The molecule has 0 aromatic carbocycles. The summed E-state index contributed by atoms with van der Waals surface area (Å²) in [6.07, 6.45) is -1.80. The van der Waals surface area contributed by atoms with Crippen LogP contribution >= 0.6 is 0 Å². The van der Waals surface area contributed by atoms with Crippen LogP contribution in [-0.2, 0) is 4.74 Å². The third kappa shape index (κ3) is 2.11. The van der Waals surface area contributed by atoms with Crippen LogP contribution in [0.25, 0.3) is 11.2 Å². The third-order valence-electron chi connectivity index (χ3n) is 4.82. The summed E-state index contributed by atoms with van der Waals surface area (Å²) >= 11 is 0. The molecule has 6 N–H and O–H groups in total. The number of hydrogen-bond acceptors (Lipinski definition) is 8. The van der Waals surface area contributed by atoms with E-state index in [1.54, 1.807) is 0 Å². The Morgan fingerprint density at radius 2 is 2.32 bits per heavy atom. The number of carbonyl (C=O) groups is 1. The standard InChI is InChI=1S/C13H16N6O6/c14-11-16-8-6(9(22)17-11)15-4-19(8)10-5-1-18(12(23)24)2-13(3-20,25-10)7(5)21/h4-5,7,10,20-21H,1-3H2,(H,23,24)(H3,14,16,17,22)/t5-,7+,10-,13-/m1/s1. The smallest absolute Gasteiger partial charge is 0.407 e. The van der Waals surface area contributed by atoms with E-state index in [9.17, 15) is 24.9 Å². The fourth-order valence-corrected chi connectivity index (χ4v) is 3.63. The lowest BCUT2D eigenvalue weighted by atomic mass is 9.85. The highest BCUT2D eigenvalue weighted by atomic mass is 16.6. The van der Waals surface area contributed by atoms with Crippen molar-refractivity contribution in [2.45, 2.75) is 17.9 Å². The van der Waals surface area contributed by atoms with Crippen LogP contribution in [0.1, 0.15) is 6.23 Å². The topological polar surface area (TPSA) is 180 Å². The van der Waals surface area contributed by atoms with Gasteiger partial charge < -0.3 is 30.7 Å². The molecule has 0 radical (unpaired) electrons. The van der Waals surface area contributed by atoms with Gasteiger partial charge in [-0.15, -0.1) is 0 Å². The number of likely N-dealkylation sites (tertiary alicyclic amines) is 1. The zero-order chi connectivity index (χ0) is 17.9. The van der Waals surface area contributed by atoms with E-state index in [1.807, 2.05) is 0 Å².